The second-order valence-corrected chi connectivity index (χ2v) is 3.99. The van der Waals surface area contributed by atoms with Crippen molar-refractivity contribution in [2.75, 3.05) is 39.6 Å². The molecule has 0 heterocycles. The minimum Gasteiger partial charge on any atom is -0.504 e. The van der Waals surface area contributed by atoms with Crippen molar-refractivity contribution in [1.82, 2.24) is 0 Å². The van der Waals surface area contributed by atoms with Crippen molar-refractivity contribution in [1.29, 1.82) is 0 Å². The molecule has 0 saturated heterocycles. The summed E-state index contributed by atoms with van der Waals surface area (Å²) >= 11 is 0. The number of aromatic hydroxyl groups is 2. The zero-order valence-electron chi connectivity index (χ0n) is 11.1. The Labute approximate surface area is 112 Å². The first kappa shape index (κ1) is 15.6. The molecule has 6 nitrogen and oxygen atoms in total. The molecule has 1 aromatic carbocycles. The summed E-state index contributed by atoms with van der Waals surface area (Å²) in [5, 5.41) is 19.0. The van der Waals surface area contributed by atoms with Gasteiger partial charge in [-0.1, -0.05) is 0 Å². The van der Waals surface area contributed by atoms with Crippen LogP contribution >= 0.6 is 0 Å². The van der Waals surface area contributed by atoms with Crippen molar-refractivity contribution in [3.8, 4) is 17.2 Å². The van der Waals surface area contributed by atoms with Crippen LogP contribution < -0.4 is 10.5 Å². The van der Waals surface area contributed by atoms with Crippen LogP contribution in [0.25, 0.3) is 0 Å². The van der Waals surface area contributed by atoms with E-state index in [1.165, 1.54) is 6.07 Å². The van der Waals surface area contributed by atoms with Crippen LogP contribution in [0.2, 0.25) is 0 Å². The third-order valence-electron chi connectivity index (χ3n) is 2.32. The number of hydrogen-bond acceptors (Lipinski definition) is 6. The topological polar surface area (TPSA) is 94.2 Å². The number of rotatable bonds is 9. The summed E-state index contributed by atoms with van der Waals surface area (Å²) in [6.45, 7) is 4.45. The molecule has 0 spiro atoms. The molecule has 0 aliphatic rings. The maximum Gasteiger partial charge on any atom is 0.200 e. The van der Waals surface area contributed by atoms with Crippen molar-refractivity contribution < 1.29 is 24.4 Å². The third kappa shape index (κ3) is 5.78. The van der Waals surface area contributed by atoms with Crippen molar-refractivity contribution >= 4 is 0 Å². The molecule has 0 fully saturated rings. The fourth-order valence-electron chi connectivity index (χ4n) is 1.45. The number of ether oxygens (including phenoxy) is 3. The minimum absolute atomic E-state index is 0.189. The van der Waals surface area contributed by atoms with Crippen LogP contribution in [-0.2, 0) is 9.47 Å². The van der Waals surface area contributed by atoms with Gasteiger partial charge in [-0.25, -0.2) is 0 Å². The molecular formula is C13H21NO5. The van der Waals surface area contributed by atoms with Crippen LogP contribution in [0, 0.1) is 6.92 Å². The summed E-state index contributed by atoms with van der Waals surface area (Å²) in [5.74, 6) is -0.191. The van der Waals surface area contributed by atoms with Crippen LogP contribution in [-0.4, -0.2) is 49.8 Å². The van der Waals surface area contributed by atoms with Gasteiger partial charge in [0.25, 0.3) is 0 Å². The lowest BCUT2D eigenvalue weighted by atomic mass is 10.2. The Hall–Kier alpha value is -1.50. The molecular weight excluding hydrogens is 250 g/mol. The van der Waals surface area contributed by atoms with Gasteiger partial charge in [-0.15, -0.1) is 0 Å². The van der Waals surface area contributed by atoms with Gasteiger partial charge >= 0.3 is 0 Å². The first-order chi connectivity index (χ1) is 9.15. The van der Waals surface area contributed by atoms with E-state index in [2.05, 4.69) is 0 Å². The summed E-state index contributed by atoms with van der Waals surface area (Å²) < 4.78 is 15.7. The molecule has 0 atom stereocenters. The molecule has 0 unspecified atom stereocenters. The van der Waals surface area contributed by atoms with Crippen LogP contribution in [0.3, 0.4) is 0 Å². The molecule has 1 aromatic rings. The quantitative estimate of drug-likeness (QED) is 0.454. The van der Waals surface area contributed by atoms with Gasteiger partial charge in [0.1, 0.15) is 6.61 Å². The van der Waals surface area contributed by atoms with Crippen molar-refractivity contribution in [3.63, 3.8) is 0 Å². The van der Waals surface area contributed by atoms with E-state index in [9.17, 15) is 10.2 Å². The summed E-state index contributed by atoms with van der Waals surface area (Å²) in [7, 11) is 0. The Balaban J connectivity index is 2.19. The molecule has 108 valence electrons. The van der Waals surface area contributed by atoms with E-state index in [0.717, 1.165) is 5.56 Å². The maximum absolute atomic E-state index is 9.57. The van der Waals surface area contributed by atoms with E-state index in [1.807, 2.05) is 0 Å². The van der Waals surface area contributed by atoms with Gasteiger partial charge in [0, 0.05) is 6.54 Å². The molecule has 6 heteroatoms. The number of hydrogen-bond donors (Lipinski definition) is 3. The highest BCUT2D eigenvalue weighted by molar-refractivity contribution is 5.51. The lowest BCUT2D eigenvalue weighted by molar-refractivity contribution is 0.0384. The highest BCUT2D eigenvalue weighted by atomic mass is 16.5. The van der Waals surface area contributed by atoms with Crippen LogP contribution in [0.15, 0.2) is 12.1 Å². The molecule has 0 saturated carbocycles. The van der Waals surface area contributed by atoms with Gasteiger partial charge in [-0.3, -0.25) is 0 Å². The monoisotopic (exact) mass is 271 g/mol. The van der Waals surface area contributed by atoms with Crippen molar-refractivity contribution in [2.45, 2.75) is 6.92 Å². The molecule has 0 aliphatic carbocycles. The predicted octanol–water partition coefficient (Wildman–Crippen LogP) is 0.777. The van der Waals surface area contributed by atoms with Crippen LogP contribution in [0.1, 0.15) is 5.56 Å². The summed E-state index contributed by atoms with van der Waals surface area (Å²) in [4.78, 5) is 0. The van der Waals surface area contributed by atoms with Gasteiger partial charge in [-0.2, -0.15) is 0 Å². The molecule has 0 amide bonds. The Morgan fingerprint density at radius 2 is 1.63 bits per heavy atom. The molecule has 19 heavy (non-hydrogen) atoms. The van der Waals surface area contributed by atoms with E-state index < -0.39 is 0 Å². The fourth-order valence-corrected chi connectivity index (χ4v) is 1.45. The fraction of sp³-hybridized carbons (Fsp3) is 0.538. The second kappa shape index (κ2) is 8.58. The number of benzene rings is 1. The summed E-state index contributed by atoms with van der Waals surface area (Å²) in [6.07, 6.45) is 0. The lowest BCUT2D eigenvalue weighted by Crippen LogP contribution is -2.14. The highest BCUT2D eigenvalue weighted by Crippen LogP contribution is 2.36. The normalized spacial score (nSPS) is 10.6. The SMILES string of the molecule is Cc1cc(O)c(O)c(OCCOCCOCCN)c1. The van der Waals surface area contributed by atoms with E-state index in [4.69, 9.17) is 19.9 Å². The summed E-state index contributed by atoms with van der Waals surface area (Å²) in [5.41, 5.74) is 6.07. The Bertz CT molecular complexity index is 384. The zero-order chi connectivity index (χ0) is 14.1. The standard InChI is InChI=1S/C13H21NO5/c1-10-8-11(15)13(16)12(9-10)19-7-6-18-5-4-17-3-2-14/h8-9,15-16H,2-7,14H2,1H3. The van der Waals surface area contributed by atoms with E-state index in [0.29, 0.717) is 33.0 Å². The molecule has 0 radical (unpaired) electrons. The largest absolute Gasteiger partial charge is 0.504 e. The number of nitrogens with two attached hydrogens (primary N) is 1. The Kier molecular flexibility index (Phi) is 7.02. The number of phenols is 2. The molecule has 0 aliphatic heterocycles. The summed E-state index contributed by atoms with van der Waals surface area (Å²) in [6, 6.07) is 3.12. The molecule has 4 N–H and O–H groups in total. The average Bonchev–Trinajstić information content (AvgIpc) is 2.38. The van der Waals surface area contributed by atoms with Gasteiger partial charge in [-0.05, 0) is 24.6 Å². The predicted molar refractivity (Wildman–Crippen MR) is 70.7 cm³/mol. The number of aryl methyl sites for hydroxylation is 1. The molecule has 0 aromatic heterocycles. The van der Waals surface area contributed by atoms with E-state index in [1.54, 1.807) is 13.0 Å². The van der Waals surface area contributed by atoms with E-state index >= 15 is 0 Å². The van der Waals surface area contributed by atoms with Gasteiger partial charge in [0.2, 0.25) is 5.75 Å². The minimum atomic E-state index is -0.253. The molecule has 1 rings (SSSR count). The van der Waals surface area contributed by atoms with Gasteiger partial charge in [0.05, 0.1) is 26.4 Å². The van der Waals surface area contributed by atoms with Crippen molar-refractivity contribution in [2.24, 2.45) is 5.73 Å². The molecule has 0 bridgehead atoms. The van der Waals surface area contributed by atoms with E-state index in [-0.39, 0.29) is 23.9 Å². The van der Waals surface area contributed by atoms with Crippen molar-refractivity contribution in [3.05, 3.63) is 17.7 Å². The van der Waals surface area contributed by atoms with Gasteiger partial charge < -0.3 is 30.2 Å². The lowest BCUT2D eigenvalue weighted by Gasteiger charge is -2.10. The zero-order valence-corrected chi connectivity index (χ0v) is 11.1. The Morgan fingerprint density at radius 3 is 2.32 bits per heavy atom. The second-order valence-electron chi connectivity index (χ2n) is 3.99. The Morgan fingerprint density at radius 1 is 1.00 bits per heavy atom. The number of phenolic OH excluding ortho intramolecular Hbond substituents is 2. The smallest absolute Gasteiger partial charge is 0.200 e. The third-order valence-corrected chi connectivity index (χ3v) is 2.32. The maximum atomic E-state index is 9.57. The van der Waals surface area contributed by atoms with Gasteiger partial charge in [0.15, 0.2) is 11.5 Å². The van der Waals surface area contributed by atoms with Crippen LogP contribution in [0.4, 0.5) is 0 Å². The first-order valence-corrected chi connectivity index (χ1v) is 6.16. The highest BCUT2D eigenvalue weighted by Gasteiger charge is 2.08. The first-order valence-electron chi connectivity index (χ1n) is 6.16. The van der Waals surface area contributed by atoms with Crippen LogP contribution in [0.5, 0.6) is 17.2 Å². The average molecular weight is 271 g/mol.